The Bertz CT molecular complexity index is 771. The van der Waals surface area contributed by atoms with E-state index in [-0.39, 0.29) is 5.92 Å². The van der Waals surface area contributed by atoms with Crippen LogP contribution in [0.25, 0.3) is 0 Å². The van der Waals surface area contributed by atoms with Crippen molar-refractivity contribution in [2.45, 2.75) is 26.2 Å². The zero-order chi connectivity index (χ0) is 19.2. The molecule has 1 aromatic carbocycles. The maximum Gasteiger partial charge on any atom is 0.306 e. The number of rotatable bonds is 7. The van der Waals surface area contributed by atoms with Gasteiger partial charge in [-0.3, -0.25) is 4.79 Å². The van der Waals surface area contributed by atoms with Gasteiger partial charge in [0.15, 0.2) is 0 Å². The van der Waals surface area contributed by atoms with Gasteiger partial charge in [0.1, 0.15) is 11.6 Å². The van der Waals surface area contributed by atoms with Crippen LogP contribution in [0.1, 0.15) is 24.1 Å². The Morgan fingerprint density at radius 3 is 2.59 bits per heavy atom. The second kappa shape index (κ2) is 8.70. The normalized spacial score (nSPS) is 14.8. The third kappa shape index (κ3) is 5.09. The van der Waals surface area contributed by atoms with Crippen LogP contribution < -0.4 is 15.0 Å². The summed E-state index contributed by atoms with van der Waals surface area (Å²) in [5, 5.41) is 12.4. The zero-order valence-corrected chi connectivity index (χ0v) is 15.8. The van der Waals surface area contributed by atoms with Gasteiger partial charge in [0.05, 0.1) is 13.0 Å². The van der Waals surface area contributed by atoms with Crippen molar-refractivity contribution in [3.63, 3.8) is 0 Å². The van der Waals surface area contributed by atoms with Gasteiger partial charge in [-0.15, -0.1) is 0 Å². The highest BCUT2D eigenvalue weighted by Crippen LogP contribution is 2.23. The van der Waals surface area contributed by atoms with Gasteiger partial charge < -0.3 is 20.1 Å². The number of anilines is 2. The summed E-state index contributed by atoms with van der Waals surface area (Å²) < 4.78 is 5.17. The number of carbonyl (C=O) groups is 1. The number of methoxy groups -OCH3 is 1. The first-order valence-corrected chi connectivity index (χ1v) is 9.25. The predicted molar refractivity (Wildman–Crippen MR) is 105 cm³/mol. The van der Waals surface area contributed by atoms with Gasteiger partial charge in [0.2, 0.25) is 5.95 Å². The molecule has 2 heterocycles. The molecule has 0 saturated carbocycles. The van der Waals surface area contributed by atoms with Gasteiger partial charge in [-0.05, 0) is 43.9 Å². The first-order chi connectivity index (χ1) is 13.0. The first-order valence-electron chi connectivity index (χ1n) is 9.25. The van der Waals surface area contributed by atoms with Gasteiger partial charge in [0, 0.05) is 31.4 Å². The van der Waals surface area contributed by atoms with E-state index in [0.717, 1.165) is 30.2 Å². The minimum absolute atomic E-state index is 0.244. The molecule has 0 spiro atoms. The molecule has 1 fully saturated rings. The summed E-state index contributed by atoms with van der Waals surface area (Å²) >= 11 is 0. The average Bonchev–Trinajstić information content (AvgIpc) is 2.68. The smallest absolute Gasteiger partial charge is 0.306 e. The van der Waals surface area contributed by atoms with Crippen LogP contribution in [0.15, 0.2) is 30.3 Å². The third-order valence-electron chi connectivity index (χ3n) is 4.86. The molecule has 7 heteroatoms. The van der Waals surface area contributed by atoms with Crippen molar-refractivity contribution in [1.82, 2.24) is 9.97 Å². The number of nitrogens with zero attached hydrogens (tertiary/aromatic N) is 3. The van der Waals surface area contributed by atoms with Crippen LogP contribution >= 0.6 is 0 Å². The second-order valence-electron chi connectivity index (χ2n) is 6.82. The Labute approximate surface area is 159 Å². The van der Waals surface area contributed by atoms with Gasteiger partial charge >= 0.3 is 5.97 Å². The molecule has 0 atom stereocenters. The molecular weight excluding hydrogens is 344 g/mol. The highest BCUT2D eigenvalue weighted by Gasteiger charge is 2.25. The molecule has 1 aromatic heterocycles. The lowest BCUT2D eigenvalue weighted by Crippen LogP contribution is -2.37. The van der Waals surface area contributed by atoms with E-state index in [1.165, 1.54) is 5.56 Å². The van der Waals surface area contributed by atoms with Crippen LogP contribution in [0.4, 0.5) is 11.8 Å². The van der Waals surface area contributed by atoms with Crippen molar-refractivity contribution in [3.05, 3.63) is 41.6 Å². The Morgan fingerprint density at radius 2 is 1.96 bits per heavy atom. The van der Waals surface area contributed by atoms with E-state index in [0.29, 0.717) is 31.9 Å². The number of hydrogen-bond acceptors (Lipinski definition) is 6. The predicted octanol–water partition coefficient (Wildman–Crippen LogP) is 2.75. The van der Waals surface area contributed by atoms with E-state index < -0.39 is 5.97 Å². The van der Waals surface area contributed by atoms with Gasteiger partial charge in [-0.2, -0.15) is 4.98 Å². The third-order valence-corrected chi connectivity index (χ3v) is 4.86. The van der Waals surface area contributed by atoms with Crippen molar-refractivity contribution in [1.29, 1.82) is 0 Å². The second-order valence-corrected chi connectivity index (χ2v) is 6.82. The van der Waals surface area contributed by atoms with Crippen LogP contribution in [0.5, 0.6) is 5.75 Å². The van der Waals surface area contributed by atoms with Gasteiger partial charge in [-0.1, -0.05) is 12.1 Å². The van der Waals surface area contributed by atoms with Gasteiger partial charge in [-0.25, -0.2) is 4.98 Å². The van der Waals surface area contributed by atoms with E-state index in [1.807, 2.05) is 25.1 Å². The fraction of sp³-hybridized carbons (Fsp3) is 0.450. The van der Waals surface area contributed by atoms with E-state index in [1.54, 1.807) is 7.11 Å². The van der Waals surface area contributed by atoms with E-state index in [9.17, 15) is 4.79 Å². The molecule has 1 aliphatic rings. The molecule has 0 bridgehead atoms. The van der Waals surface area contributed by atoms with Crippen LogP contribution in [0.3, 0.4) is 0 Å². The molecule has 27 heavy (non-hydrogen) atoms. The number of carboxylic acids is 1. The number of carboxylic acid groups (broad SMARTS) is 1. The molecule has 144 valence electrons. The lowest BCUT2D eigenvalue weighted by Gasteiger charge is -2.31. The number of aryl methyl sites for hydroxylation is 1. The van der Waals surface area contributed by atoms with Crippen molar-refractivity contribution in [3.8, 4) is 5.75 Å². The summed E-state index contributed by atoms with van der Waals surface area (Å²) in [7, 11) is 1.66. The molecular formula is C20H26N4O3. The van der Waals surface area contributed by atoms with Crippen LogP contribution in [-0.2, 0) is 11.2 Å². The molecule has 3 rings (SSSR count). The zero-order valence-electron chi connectivity index (χ0n) is 15.8. The molecule has 1 aliphatic heterocycles. The largest absolute Gasteiger partial charge is 0.497 e. The molecule has 2 aromatic rings. The number of aromatic nitrogens is 2. The molecule has 7 nitrogen and oxygen atoms in total. The Kier molecular flexibility index (Phi) is 6.11. The fourth-order valence-corrected chi connectivity index (χ4v) is 3.26. The maximum absolute atomic E-state index is 11.1. The Balaban J connectivity index is 1.57. The number of piperidine rings is 1. The molecule has 0 unspecified atom stereocenters. The van der Waals surface area contributed by atoms with Crippen molar-refractivity contribution in [2.24, 2.45) is 5.92 Å². The molecule has 1 saturated heterocycles. The first kappa shape index (κ1) is 18.9. The highest BCUT2D eigenvalue weighted by atomic mass is 16.5. The topological polar surface area (TPSA) is 87.6 Å². The average molecular weight is 370 g/mol. The van der Waals surface area contributed by atoms with E-state index in [4.69, 9.17) is 9.84 Å². The quantitative estimate of drug-likeness (QED) is 0.775. The molecule has 2 N–H and O–H groups in total. The van der Waals surface area contributed by atoms with E-state index >= 15 is 0 Å². The monoisotopic (exact) mass is 370 g/mol. The molecule has 0 aliphatic carbocycles. The molecule has 0 radical (unpaired) electrons. The maximum atomic E-state index is 11.1. The minimum atomic E-state index is -0.700. The number of nitrogens with one attached hydrogen (secondary N) is 1. The van der Waals surface area contributed by atoms with Gasteiger partial charge in [0.25, 0.3) is 0 Å². The number of benzene rings is 1. The van der Waals surface area contributed by atoms with Crippen molar-refractivity contribution in [2.75, 3.05) is 37.0 Å². The fourth-order valence-electron chi connectivity index (χ4n) is 3.26. The summed E-state index contributed by atoms with van der Waals surface area (Å²) in [5.74, 6) is 1.38. The van der Waals surface area contributed by atoms with Crippen LogP contribution in [0, 0.1) is 12.8 Å². The summed E-state index contributed by atoms with van der Waals surface area (Å²) in [4.78, 5) is 22.3. The number of ether oxygens (including phenoxy) is 1. The highest BCUT2D eigenvalue weighted by molar-refractivity contribution is 5.70. The summed E-state index contributed by atoms with van der Waals surface area (Å²) in [6.07, 6.45) is 2.16. The van der Waals surface area contributed by atoms with Crippen molar-refractivity contribution >= 4 is 17.7 Å². The standard InChI is InChI=1S/C20H26N4O3/c1-14-13-18(24-11-8-16(9-12-24)19(25)26)23-20(22-14)21-10-7-15-3-5-17(27-2)6-4-15/h3-6,13,16H,7-12H2,1-2H3,(H,25,26)(H,21,22,23). The molecule has 0 amide bonds. The summed E-state index contributed by atoms with van der Waals surface area (Å²) in [5.41, 5.74) is 2.11. The summed E-state index contributed by atoms with van der Waals surface area (Å²) in [6, 6.07) is 9.97. The SMILES string of the molecule is COc1ccc(CCNc2nc(C)cc(N3CCC(C(=O)O)CC3)n2)cc1. The van der Waals surface area contributed by atoms with Crippen molar-refractivity contribution < 1.29 is 14.6 Å². The van der Waals surface area contributed by atoms with Crippen LogP contribution in [-0.4, -0.2) is 47.8 Å². The lowest BCUT2D eigenvalue weighted by atomic mass is 9.97. The lowest BCUT2D eigenvalue weighted by molar-refractivity contribution is -0.142. The van der Waals surface area contributed by atoms with E-state index in [2.05, 4.69) is 32.3 Å². The minimum Gasteiger partial charge on any atom is -0.497 e. The Hall–Kier alpha value is -2.83. The Morgan fingerprint density at radius 1 is 1.26 bits per heavy atom. The summed E-state index contributed by atoms with van der Waals surface area (Å²) in [6.45, 7) is 4.09. The van der Waals surface area contributed by atoms with Crippen LogP contribution in [0.2, 0.25) is 0 Å². The number of aliphatic carboxylic acids is 1. The number of hydrogen-bond donors (Lipinski definition) is 2.